The van der Waals surface area contributed by atoms with Crippen LogP contribution in [0.2, 0.25) is 0 Å². The van der Waals surface area contributed by atoms with Gasteiger partial charge >= 0.3 is 0 Å². The van der Waals surface area contributed by atoms with Gasteiger partial charge in [-0.1, -0.05) is 37.3 Å². The third kappa shape index (κ3) is 7.16. The van der Waals surface area contributed by atoms with Crippen molar-refractivity contribution < 1.29 is 17.9 Å². The van der Waals surface area contributed by atoms with Gasteiger partial charge in [0.05, 0.1) is 11.9 Å². The maximum Gasteiger partial charge on any atom is 0.250 e. The Labute approximate surface area is 227 Å². The molecule has 0 aliphatic carbocycles. The van der Waals surface area contributed by atoms with Crippen LogP contribution >= 0.6 is 0 Å². The minimum absolute atomic E-state index is 0.0500. The first-order valence-electron chi connectivity index (χ1n) is 13.3. The quantitative estimate of drug-likeness (QED) is 0.441. The number of nitrogen functional groups attached to an aromatic ring is 1. The van der Waals surface area contributed by atoms with Gasteiger partial charge in [-0.25, -0.2) is 18.2 Å². The van der Waals surface area contributed by atoms with Gasteiger partial charge in [-0.2, -0.15) is 5.26 Å². The highest BCUT2D eigenvalue weighted by Gasteiger charge is 2.34. The van der Waals surface area contributed by atoms with E-state index in [0.717, 1.165) is 17.7 Å². The molecule has 0 bridgehead atoms. The zero-order valence-corrected chi connectivity index (χ0v) is 22.2. The largest absolute Gasteiger partial charge is 0.484 e. The number of nitrogens with two attached hydrogens (primary N) is 1. The molecule has 3 N–H and O–H groups in total. The van der Waals surface area contributed by atoms with E-state index in [1.54, 1.807) is 0 Å². The molecular formula is C29H35F3N6O. The molecule has 2 atom stereocenters. The minimum atomic E-state index is -2.57. The molecule has 0 spiro atoms. The van der Waals surface area contributed by atoms with Crippen LogP contribution in [-0.4, -0.2) is 71.9 Å². The highest BCUT2D eigenvalue weighted by molar-refractivity contribution is 6.08. The highest BCUT2D eigenvalue weighted by atomic mass is 19.3. The van der Waals surface area contributed by atoms with Crippen molar-refractivity contribution in [2.45, 2.75) is 57.3 Å². The summed E-state index contributed by atoms with van der Waals surface area (Å²) in [6.45, 7) is 5.04. The normalized spacial score (nSPS) is 22.3. The van der Waals surface area contributed by atoms with Crippen molar-refractivity contribution in [2.24, 2.45) is 0 Å². The van der Waals surface area contributed by atoms with Crippen molar-refractivity contribution >= 4 is 17.5 Å². The van der Waals surface area contributed by atoms with E-state index in [4.69, 9.17) is 15.9 Å². The van der Waals surface area contributed by atoms with Crippen LogP contribution in [0.15, 0.2) is 36.5 Å². The lowest BCUT2D eigenvalue weighted by molar-refractivity contribution is -0.0566. The number of piperidine rings is 2. The van der Waals surface area contributed by atoms with Crippen molar-refractivity contribution in [3.8, 4) is 11.8 Å². The monoisotopic (exact) mass is 540 g/mol. The average molecular weight is 541 g/mol. The SMILES string of the molecule is CCN1CCC(Oc2c(C#N)ncc(N)c2C/C=C(\C=N)c2ccc(CN3CCC(F)(F)CC3)cc2)[C@@H](F)C1. The Morgan fingerprint density at radius 1 is 1.23 bits per heavy atom. The second kappa shape index (κ2) is 12.6. The van der Waals surface area contributed by atoms with Crippen LogP contribution < -0.4 is 10.5 Å². The zero-order chi connectivity index (χ0) is 28.0. The van der Waals surface area contributed by atoms with E-state index in [1.807, 2.05) is 53.1 Å². The molecule has 10 heteroatoms. The summed E-state index contributed by atoms with van der Waals surface area (Å²) in [5.41, 5.74) is 9.60. The fourth-order valence-electron chi connectivity index (χ4n) is 5.05. The number of allylic oxidation sites excluding steroid dienone is 2. The zero-order valence-electron chi connectivity index (χ0n) is 22.2. The van der Waals surface area contributed by atoms with Crippen LogP contribution in [0.1, 0.15) is 48.6 Å². The molecule has 2 aliphatic rings. The van der Waals surface area contributed by atoms with Crippen LogP contribution in [0.3, 0.4) is 0 Å². The molecule has 0 amide bonds. The summed E-state index contributed by atoms with van der Waals surface area (Å²) in [4.78, 5) is 8.13. The first kappa shape index (κ1) is 28.6. The smallest absolute Gasteiger partial charge is 0.250 e. The van der Waals surface area contributed by atoms with Gasteiger partial charge in [0, 0.05) is 57.3 Å². The van der Waals surface area contributed by atoms with E-state index in [0.29, 0.717) is 49.4 Å². The summed E-state index contributed by atoms with van der Waals surface area (Å²) in [6.07, 6.45) is 3.07. The Morgan fingerprint density at radius 2 is 1.95 bits per heavy atom. The molecule has 1 aromatic heterocycles. The van der Waals surface area contributed by atoms with Crippen LogP contribution in [0, 0.1) is 16.7 Å². The number of pyridine rings is 1. The van der Waals surface area contributed by atoms with Crippen LogP contribution in [0.4, 0.5) is 18.9 Å². The van der Waals surface area contributed by atoms with Gasteiger partial charge in [0.25, 0.3) is 5.92 Å². The number of likely N-dealkylation sites (tertiary alicyclic amines) is 2. The number of nitrogens with one attached hydrogen (secondary N) is 1. The predicted octanol–water partition coefficient (Wildman–Crippen LogP) is 4.85. The second-order valence-corrected chi connectivity index (χ2v) is 10.2. The van der Waals surface area contributed by atoms with Crippen molar-refractivity contribution in [1.82, 2.24) is 14.8 Å². The molecule has 2 fully saturated rings. The van der Waals surface area contributed by atoms with Crippen LogP contribution in [0.25, 0.3) is 5.57 Å². The Hall–Kier alpha value is -3.42. The number of hydrogen-bond donors (Lipinski definition) is 2. The van der Waals surface area contributed by atoms with Gasteiger partial charge in [-0.15, -0.1) is 0 Å². The molecule has 1 aromatic carbocycles. The molecular weight excluding hydrogens is 505 g/mol. The predicted molar refractivity (Wildman–Crippen MR) is 146 cm³/mol. The summed E-state index contributed by atoms with van der Waals surface area (Å²) in [5, 5.41) is 17.6. The lowest BCUT2D eigenvalue weighted by atomic mass is 10.00. The van der Waals surface area contributed by atoms with E-state index < -0.39 is 18.2 Å². The Kier molecular flexibility index (Phi) is 9.25. The molecule has 2 saturated heterocycles. The molecule has 4 rings (SSSR count). The Balaban J connectivity index is 1.49. The van der Waals surface area contributed by atoms with Gasteiger partial charge < -0.3 is 20.8 Å². The summed E-state index contributed by atoms with van der Waals surface area (Å²) in [7, 11) is 0. The van der Waals surface area contributed by atoms with E-state index in [-0.39, 0.29) is 37.3 Å². The van der Waals surface area contributed by atoms with Crippen molar-refractivity contribution in [3.05, 3.63) is 58.9 Å². The molecule has 2 aromatic rings. The van der Waals surface area contributed by atoms with Crippen LogP contribution in [0.5, 0.6) is 5.75 Å². The molecule has 1 unspecified atom stereocenters. The molecule has 2 aliphatic heterocycles. The van der Waals surface area contributed by atoms with E-state index in [2.05, 4.69) is 4.98 Å². The molecule has 0 saturated carbocycles. The average Bonchev–Trinajstić information content (AvgIpc) is 2.93. The third-order valence-corrected chi connectivity index (χ3v) is 7.52. The fraction of sp³-hybridized carbons (Fsp3) is 0.483. The number of anilines is 1. The fourth-order valence-corrected chi connectivity index (χ4v) is 5.05. The first-order valence-corrected chi connectivity index (χ1v) is 13.3. The van der Waals surface area contributed by atoms with Gasteiger partial charge in [-0.05, 0) is 36.1 Å². The lowest BCUT2D eigenvalue weighted by Crippen LogP contribution is -2.47. The number of halogens is 3. The maximum absolute atomic E-state index is 14.9. The number of hydrogen-bond acceptors (Lipinski definition) is 7. The second-order valence-electron chi connectivity index (χ2n) is 10.2. The number of ether oxygens (including phenoxy) is 1. The van der Waals surface area contributed by atoms with Crippen molar-refractivity contribution in [3.63, 3.8) is 0 Å². The first-order chi connectivity index (χ1) is 18.7. The number of alkyl halides is 3. The van der Waals surface area contributed by atoms with E-state index in [9.17, 15) is 18.4 Å². The number of aromatic nitrogens is 1. The molecule has 208 valence electrons. The molecule has 39 heavy (non-hydrogen) atoms. The van der Waals surface area contributed by atoms with Gasteiger partial charge in [0.2, 0.25) is 0 Å². The van der Waals surface area contributed by atoms with Gasteiger partial charge in [0.15, 0.2) is 11.4 Å². The minimum Gasteiger partial charge on any atom is -0.484 e. The summed E-state index contributed by atoms with van der Waals surface area (Å²) < 4.78 is 47.8. The molecule has 7 nitrogen and oxygen atoms in total. The number of nitriles is 1. The summed E-state index contributed by atoms with van der Waals surface area (Å²) in [6, 6.07) is 9.70. The Bertz CT molecular complexity index is 1220. The molecule has 3 heterocycles. The number of nitrogens with zero attached hydrogens (tertiary/aromatic N) is 4. The number of benzene rings is 1. The van der Waals surface area contributed by atoms with Crippen LogP contribution in [-0.2, 0) is 13.0 Å². The van der Waals surface area contributed by atoms with Gasteiger partial charge in [0.1, 0.15) is 18.3 Å². The maximum atomic E-state index is 14.9. The topological polar surface area (TPSA) is 102 Å². The third-order valence-electron chi connectivity index (χ3n) is 7.52. The summed E-state index contributed by atoms with van der Waals surface area (Å²) in [5.74, 6) is -2.38. The number of rotatable bonds is 9. The van der Waals surface area contributed by atoms with E-state index in [1.165, 1.54) is 12.4 Å². The lowest BCUT2D eigenvalue weighted by Gasteiger charge is -2.34. The Morgan fingerprint density at radius 3 is 2.56 bits per heavy atom. The van der Waals surface area contributed by atoms with Crippen molar-refractivity contribution in [1.29, 1.82) is 10.7 Å². The standard InChI is InChI=1S/C29H35F3N6O/c1-2-37-12-9-27(24(30)19-37)39-28-23(25(35)17-36-26(28)16-34)8-7-22(15-33)21-5-3-20(4-6-21)18-38-13-10-29(31,32)11-14-38/h3-7,15,17,24,27,33H,2,8-14,18-19,35H2,1H3/b22-7+,33-15?/t24-,27?/m0/s1. The molecule has 0 radical (unpaired) electrons. The van der Waals surface area contributed by atoms with E-state index >= 15 is 0 Å². The summed E-state index contributed by atoms with van der Waals surface area (Å²) >= 11 is 0. The van der Waals surface area contributed by atoms with Gasteiger partial charge in [-0.3, -0.25) is 4.90 Å². The van der Waals surface area contributed by atoms with Crippen molar-refractivity contribution in [2.75, 3.05) is 38.5 Å². The highest BCUT2D eigenvalue weighted by Crippen LogP contribution is 2.32.